The number of fused-ring (bicyclic) bond motifs is 1. The van der Waals surface area contributed by atoms with Crippen LogP contribution in [0.3, 0.4) is 0 Å². The maximum Gasteiger partial charge on any atom is 0.183 e. The number of hydrogen-bond donors (Lipinski definition) is 1. The van der Waals surface area contributed by atoms with Crippen LogP contribution >= 0.6 is 0 Å². The second-order valence-electron chi connectivity index (χ2n) is 4.89. The van der Waals surface area contributed by atoms with Crippen LogP contribution in [0.4, 0.5) is 5.69 Å². The molecule has 3 heterocycles. The molecule has 1 aliphatic heterocycles. The molecule has 0 bridgehead atoms. The molecule has 1 fully saturated rings. The van der Waals surface area contributed by atoms with Gasteiger partial charge in [-0.1, -0.05) is 0 Å². The minimum atomic E-state index is 0.689. The molecule has 2 N–H and O–H groups in total. The molecule has 5 nitrogen and oxygen atoms in total. The molecule has 1 aliphatic rings. The molecular weight excluding hydrogens is 214 g/mol. The lowest BCUT2D eigenvalue weighted by Crippen LogP contribution is -2.15. The van der Waals surface area contributed by atoms with Crippen LogP contribution in [-0.4, -0.2) is 39.6 Å². The third-order valence-electron chi connectivity index (χ3n) is 3.50. The third kappa shape index (κ3) is 1.86. The molecule has 0 aliphatic carbocycles. The van der Waals surface area contributed by atoms with Gasteiger partial charge in [0.25, 0.3) is 0 Å². The normalized spacial score (nSPS) is 21.4. The summed E-state index contributed by atoms with van der Waals surface area (Å²) in [7, 11) is 2.17. The summed E-state index contributed by atoms with van der Waals surface area (Å²) in [5.41, 5.74) is 7.33. The molecule has 0 saturated carbocycles. The fourth-order valence-electron chi connectivity index (χ4n) is 2.57. The molecule has 90 valence electrons. The van der Waals surface area contributed by atoms with Crippen molar-refractivity contribution in [3.8, 4) is 0 Å². The van der Waals surface area contributed by atoms with Gasteiger partial charge in [0, 0.05) is 19.2 Å². The molecule has 2 aromatic rings. The van der Waals surface area contributed by atoms with E-state index in [-0.39, 0.29) is 0 Å². The molecule has 3 rings (SSSR count). The molecule has 0 aromatic carbocycles. The van der Waals surface area contributed by atoms with Crippen LogP contribution in [0.1, 0.15) is 12.2 Å². The van der Waals surface area contributed by atoms with Gasteiger partial charge in [0.15, 0.2) is 5.65 Å². The van der Waals surface area contributed by atoms with Crippen LogP contribution in [0.5, 0.6) is 0 Å². The molecule has 0 spiro atoms. The fraction of sp³-hybridized carbons (Fsp3) is 0.500. The molecule has 2 aromatic heterocycles. The number of rotatable bonds is 2. The number of nitrogens with two attached hydrogens (primary N) is 1. The van der Waals surface area contributed by atoms with Gasteiger partial charge in [-0.05, 0) is 38.1 Å². The lowest BCUT2D eigenvalue weighted by atomic mass is 10.0. The second-order valence-corrected chi connectivity index (χ2v) is 4.89. The molecule has 5 heteroatoms. The van der Waals surface area contributed by atoms with Gasteiger partial charge >= 0.3 is 0 Å². The smallest absolute Gasteiger partial charge is 0.183 e. The Morgan fingerprint density at radius 3 is 3.12 bits per heavy atom. The zero-order valence-corrected chi connectivity index (χ0v) is 10.0. The van der Waals surface area contributed by atoms with Crippen molar-refractivity contribution in [2.75, 3.05) is 25.9 Å². The Kier molecular flexibility index (Phi) is 2.48. The molecule has 1 unspecified atom stereocenters. The lowest BCUT2D eigenvalue weighted by molar-refractivity contribution is 0.392. The Labute approximate surface area is 100 Å². The first-order valence-corrected chi connectivity index (χ1v) is 6.00. The molecule has 1 atom stereocenters. The highest BCUT2D eigenvalue weighted by Crippen LogP contribution is 2.20. The van der Waals surface area contributed by atoms with E-state index < -0.39 is 0 Å². The summed E-state index contributed by atoms with van der Waals surface area (Å²) in [6.07, 6.45) is 4.21. The summed E-state index contributed by atoms with van der Waals surface area (Å²) in [5.74, 6) is 1.71. The van der Waals surface area contributed by atoms with Gasteiger partial charge in [-0.2, -0.15) is 0 Å². The van der Waals surface area contributed by atoms with Gasteiger partial charge in [0.2, 0.25) is 0 Å². The van der Waals surface area contributed by atoms with Crippen LogP contribution in [0.15, 0.2) is 18.3 Å². The summed E-state index contributed by atoms with van der Waals surface area (Å²) in [5, 5.41) is 8.41. The van der Waals surface area contributed by atoms with Crippen LogP contribution in [0.25, 0.3) is 5.65 Å². The number of pyridine rings is 1. The summed E-state index contributed by atoms with van der Waals surface area (Å²) >= 11 is 0. The topological polar surface area (TPSA) is 59.5 Å². The molecule has 17 heavy (non-hydrogen) atoms. The summed E-state index contributed by atoms with van der Waals surface area (Å²) in [6.45, 7) is 2.33. The van der Waals surface area contributed by atoms with Crippen molar-refractivity contribution in [1.29, 1.82) is 0 Å². The average molecular weight is 231 g/mol. The minimum absolute atomic E-state index is 0.689. The van der Waals surface area contributed by atoms with Gasteiger partial charge in [-0.25, -0.2) is 0 Å². The highest BCUT2D eigenvalue weighted by atomic mass is 15.3. The van der Waals surface area contributed by atoms with Crippen molar-refractivity contribution in [2.24, 2.45) is 5.92 Å². The van der Waals surface area contributed by atoms with Gasteiger partial charge < -0.3 is 10.6 Å². The summed E-state index contributed by atoms with van der Waals surface area (Å²) in [4.78, 5) is 2.36. The van der Waals surface area contributed by atoms with E-state index in [2.05, 4.69) is 22.1 Å². The monoisotopic (exact) mass is 231 g/mol. The maximum atomic E-state index is 5.87. The SMILES string of the molecule is CN1CCC(Cc2nnc3c(N)cccn23)C1. The standard InChI is InChI=1S/C12H17N5/c1-16-6-4-9(8-16)7-11-14-15-12-10(13)3-2-5-17(11)12/h2-3,5,9H,4,6-8,13H2,1H3. The summed E-state index contributed by atoms with van der Waals surface area (Å²) < 4.78 is 2.01. The quantitative estimate of drug-likeness (QED) is 0.830. The van der Waals surface area contributed by atoms with E-state index >= 15 is 0 Å². The number of likely N-dealkylation sites (tertiary alicyclic amines) is 1. The van der Waals surface area contributed by atoms with E-state index in [9.17, 15) is 0 Å². The second kappa shape index (κ2) is 4.00. The first-order valence-electron chi connectivity index (χ1n) is 6.00. The van der Waals surface area contributed by atoms with Crippen molar-refractivity contribution in [2.45, 2.75) is 12.8 Å². The largest absolute Gasteiger partial charge is 0.396 e. The number of hydrogen-bond acceptors (Lipinski definition) is 4. The number of aromatic nitrogens is 3. The minimum Gasteiger partial charge on any atom is -0.396 e. The highest BCUT2D eigenvalue weighted by molar-refractivity contribution is 5.63. The molecule has 0 amide bonds. The van der Waals surface area contributed by atoms with Gasteiger partial charge in [0.1, 0.15) is 5.82 Å². The van der Waals surface area contributed by atoms with Gasteiger partial charge in [-0.3, -0.25) is 4.40 Å². The highest BCUT2D eigenvalue weighted by Gasteiger charge is 2.21. The average Bonchev–Trinajstić information content (AvgIpc) is 2.88. The third-order valence-corrected chi connectivity index (χ3v) is 3.50. The first-order chi connectivity index (χ1) is 8.24. The van der Waals surface area contributed by atoms with Crippen LogP contribution in [0, 0.1) is 5.92 Å². The molecule has 0 radical (unpaired) electrons. The Morgan fingerprint density at radius 2 is 2.35 bits per heavy atom. The predicted molar refractivity (Wildman–Crippen MR) is 66.7 cm³/mol. The molecule has 1 saturated heterocycles. The van der Waals surface area contributed by atoms with E-state index in [1.807, 2.05) is 22.7 Å². The molecular formula is C12H17N5. The maximum absolute atomic E-state index is 5.87. The van der Waals surface area contributed by atoms with Crippen LogP contribution < -0.4 is 5.73 Å². The fourth-order valence-corrected chi connectivity index (χ4v) is 2.57. The van der Waals surface area contributed by atoms with Crippen LogP contribution in [0.2, 0.25) is 0 Å². The number of nitrogen functional groups attached to an aromatic ring is 1. The van der Waals surface area contributed by atoms with Crippen molar-refractivity contribution in [1.82, 2.24) is 19.5 Å². The Bertz CT molecular complexity index is 533. The van der Waals surface area contributed by atoms with Crippen molar-refractivity contribution < 1.29 is 0 Å². The van der Waals surface area contributed by atoms with Crippen molar-refractivity contribution in [3.63, 3.8) is 0 Å². The first kappa shape index (κ1) is 10.5. The van der Waals surface area contributed by atoms with E-state index in [0.717, 1.165) is 24.4 Å². The van der Waals surface area contributed by atoms with Crippen molar-refractivity contribution in [3.05, 3.63) is 24.2 Å². The van der Waals surface area contributed by atoms with E-state index in [0.29, 0.717) is 11.6 Å². The van der Waals surface area contributed by atoms with Gasteiger partial charge in [0.05, 0.1) is 5.69 Å². The van der Waals surface area contributed by atoms with Crippen LogP contribution in [-0.2, 0) is 6.42 Å². The zero-order chi connectivity index (χ0) is 11.8. The van der Waals surface area contributed by atoms with E-state index in [4.69, 9.17) is 5.73 Å². The summed E-state index contributed by atoms with van der Waals surface area (Å²) in [6, 6.07) is 3.80. The Hall–Kier alpha value is -1.62. The van der Waals surface area contributed by atoms with E-state index in [1.54, 1.807) is 0 Å². The van der Waals surface area contributed by atoms with Crippen molar-refractivity contribution >= 4 is 11.3 Å². The Morgan fingerprint density at radius 1 is 1.47 bits per heavy atom. The number of anilines is 1. The predicted octanol–water partition coefficient (Wildman–Crippen LogP) is 0.806. The lowest BCUT2D eigenvalue weighted by Gasteiger charge is -2.09. The Balaban J connectivity index is 1.88. The van der Waals surface area contributed by atoms with E-state index in [1.165, 1.54) is 13.0 Å². The zero-order valence-electron chi connectivity index (χ0n) is 10.0. The number of nitrogens with zero attached hydrogens (tertiary/aromatic N) is 4. The van der Waals surface area contributed by atoms with Gasteiger partial charge in [-0.15, -0.1) is 10.2 Å².